The predicted molar refractivity (Wildman–Crippen MR) is 90.7 cm³/mol. The highest BCUT2D eigenvalue weighted by molar-refractivity contribution is 5.50. The Morgan fingerprint density at radius 2 is 2.23 bits per heavy atom. The Hall–Kier alpha value is -1.52. The molecule has 0 spiro atoms. The third-order valence-corrected chi connectivity index (χ3v) is 4.40. The van der Waals surface area contributed by atoms with Crippen LogP contribution >= 0.6 is 0 Å². The normalized spacial score (nSPS) is 17.1. The SMILES string of the molecule is CNCCCn1cc(CNC2CC2)c2c1=C(OC)CC=CC=2. The zero-order valence-corrected chi connectivity index (χ0v) is 13.7. The van der Waals surface area contributed by atoms with Gasteiger partial charge in [-0.05, 0) is 38.4 Å². The molecule has 0 saturated heterocycles. The highest BCUT2D eigenvalue weighted by atomic mass is 16.5. The number of hydrogen-bond acceptors (Lipinski definition) is 3. The van der Waals surface area contributed by atoms with E-state index in [0.29, 0.717) is 0 Å². The number of allylic oxidation sites excluding steroid dienone is 1. The van der Waals surface area contributed by atoms with Gasteiger partial charge in [-0.25, -0.2) is 0 Å². The van der Waals surface area contributed by atoms with Gasteiger partial charge in [-0.1, -0.05) is 18.2 Å². The summed E-state index contributed by atoms with van der Waals surface area (Å²) in [5.74, 6) is 1.07. The first kappa shape index (κ1) is 15.4. The Bertz CT molecular complexity index is 653. The fourth-order valence-electron chi connectivity index (χ4n) is 3.03. The van der Waals surface area contributed by atoms with Crippen molar-refractivity contribution in [1.29, 1.82) is 0 Å². The van der Waals surface area contributed by atoms with E-state index in [4.69, 9.17) is 4.74 Å². The van der Waals surface area contributed by atoms with E-state index in [1.54, 1.807) is 7.11 Å². The van der Waals surface area contributed by atoms with Crippen molar-refractivity contribution in [3.8, 4) is 0 Å². The average molecular weight is 301 g/mol. The smallest absolute Gasteiger partial charge is 0.123 e. The molecule has 2 aliphatic carbocycles. The van der Waals surface area contributed by atoms with Gasteiger partial charge in [-0.3, -0.25) is 0 Å². The minimum absolute atomic E-state index is 0.732. The largest absolute Gasteiger partial charge is 0.499 e. The molecule has 0 radical (unpaired) electrons. The second-order valence-electron chi connectivity index (χ2n) is 6.15. The van der Waals surface area contributed by atoms with Crippen molar-refractivity contribution < 1.29 is 4.74 Å². The number of methoxy groups -OCH3 is 1. The van der Waals surface area contributed by atoms with Gasteiger partial charge < -0.3 is 19.9 Å². The summed E-state index contributed by atoms with van der Waals surface area (Å²) in [6, 6.07) is 0.732. The van der Waals surface area contributed by atoms with E-state index in [9.17, 15) is 0 Å². The van der Waals surface area contributed by atoms with Crippen LogP contribution < -0.4 is 21.2 Å². The van der Waals surface area contributed by atoms with Crippen LogP contribution in [0.4, 0.5) is 0 Å². The van der Waals surface area contributed by atoms with Crippen LogP contribution in [-0.2, 0) is 17.8 Å². The molecule has 0 bridgehead atoms. The molecule has 2 N–H and O–H groups in total. The van der Waals surface area contributed by atoms with Crippen LogP contribution in [0.2, 0.25) is 0 Å². The molecule has 120 valence electrons. The maximum absolute atomic E-state index is 5.68. The topological polar surface area (TPSA) is 38.2 Å². The highest BCUT2D eigenvalue weighted by Gasteiger charge is 2.21. The summed E-state index contributed by atoms with van der Waals surface area (Å²) < 4.78 is 8.06. The minimum Gasteiger partial charge on any atom is -0.499 e. The molecule has 2 aliphatic rings. The number of hydrogen-bond donors (Lipinski definition) is 2. The van der Waals surface area contributed by atoms with Gasteiger partial charge in [0.2, 0.25) is 0 Å². The molecule has 1 saturated carbocycles. The fourth-order valence-corrected chi connectivity index (χ4v) is 3.03. The van der Waals surface area contributed by atoms with Gasteiger partial charge in [-0.15, -0.1) is 0 Å². The van der Waals surface area contributed by atoms with Gasteiger partial charge in [0.05, 0.1) is 12.5 Å². The van der Waals surface area contributed by atoms with Crippen LogP contribution in [0.5, 0.6) is 0 Å². The molecule has 22 heavy (non-hydrogen) atoms. The van der Waals surface area contributed by atoms with Crippen molar-refractivity contribution in [1.82, 2.24) is 15.2 Å². The third kappa shape index (κ3) is 3.45. The Kier molecular flexibility index (Phi) is 5.01. The molecule has 4 heteroatoms. The van der Waals surface area contributed by atoms with Crippen molar-refractivity contribution >= 4 is 11.8 Å². The number of fused-ring (bicyclic) bond motifs is 1. The zero-order chi connectivity index (χ0) is 15.4. The van der Waals surface area contributed by atoms with E-state index in [-0.39, 0.29) is 0 Å². The molecule has 3 rings (SSSR count). The van der Waals surface area contributed by atoms with Crippen molar-refractivity contribution in [3.05, 3.63) is 34.5 Å². The number of aryl methyl sites for hydroxylation is 1. The predicted octanol–water partition coefficient (Wildman–Crippen LogP) is 0.845. The first-order valence-electron chi connectivity index (χ1n) is 8.33. The summed E-state index contributed by atoms with van der Waals surface area (Å²) >= 11 is 0. The van der Waals surface area contributed by atoms with Crippen molar-refractivity contribution in [2.75, 3.05) is 20.7 Å². The van der Waals surface area contributed by atoms with Gasteiger partial charge in [0.25, 0.3) is 0 Å². The van der Waals surface area contributed by atoms with Crippen LogP contribution in [0.1, 0.15) is 31.2 Å². The second kappa shape index (κ2) is 7.16. The first-order valence-corrected chi connectivity index (χ1v) is 8.33. The number of rotatable bonds is 8. The Morgan fingerprint density at radius 3 is 2.95 bits per heavy atom. The zero-order valence-electron chi connectivity index (χ0n) is 13.7. The summed E-state index contributed by atoms with van der Waals surface area (Å²) in [7, 11) is 3.79. The van der Waals surface area contributed by atoms with Crippen LogP contribution in [0.25, 0.3) is 11.8 Å². The number of ether oxygens (including phenoxy) is 1. The third-order valence-electron chi connectivity index (χ3n) is 4.40. The van der Waals surface area contributed by atoms with Crippen LogP contribution in [-0.4, -0.2) is 31.3 Å². The van der Waals surface area contributed by atoms with Gasteiger partial charge in [0, 0.05) is 37.0 Å². The molecular formula is C18H27N3O. The summed E-state index contributed by atoms with van der Waals surface area (Å²) in [6.45, 7) is 3.01. The Labute approximate surface area is 132 Å². The van der Waals surface area contributed by atoms with E-state index in [1.165, 1.54) is 29.0 Å². The van der Waals surface area contributed by atoms with Gasteiger partial charge in [0.1, 0.15) is 5.76 Å². The van der Waals surface area contributed by atoms with E-state index in [1.807, 2.05) is 7.05 Å². The molecule has 1 aromatic heterocycles. The summed E-state index contributed by atoms with van der Waals surface area (Å²) in [5, 5.41) is 9.45. The molecule has 4 nitrogen and oxygen atoms in total. The lowest BCUT2D eigenvalue weighted by Gasteiger charge is -2.07. The molecule has 0 amide bonds. The van der Waals surface area contributed by atoms with Gasteiger partial charge in [0.15, 0.2) is 0 Å². The van der Waals surface area contributed by atoms with Gasteiger partial charge >= 0.3 is 0 Å². The lowest BCUT2D eigenvalue weighted by Crippen LogP contribution is -2.34. The lowest BCUT2D eigenvalue weighted by molar-refractivity contribution is 0.350. The van der Waals surface area contributed by atoms with Crippen LogP contribution in [0.15, 0.2) is 18.3 Å². The summed E-state index contributed by atoms with van der Waals surface area (Å²) in [5.41, 5.74) is 1.38. The van der Waals surface area contributed by atoms with Gasteiger partial charge in [-0.2, -0.15) is 0 Å². The highest BCUT2D eigenvalue weighted by Crippen LogP contribution is 2.19. The molecule has 0 aliphatic heterocycles. The molecule has 0 aromatic carbocycles. The first-order chi connectivity index (χ1) is 10.8. The summed E-state index contributed by atoms with van der Waals surface area (Å²) in [6.07, 6.45) is 13.5. The average Bonchev–Trinajstić information content (AvgIpc) is 3.32. The summed E-state index contributed by atoms with van der Waals surface area (Å²) in [4.78, 5) is 0. The lowest BCUT2D eigenvalue weighted by atomic mass is 10.2. The van der Waals surface area contributed by atoms with Crippen molar-refractivity contribution in [2.24, 2.45) is 0 Å². The molecule has 0 atom stereocenters. The fraction of sp³-hybridized carbons (Fsp3) is 0.556. The molecular weight excluding hydrogens is 274 g/mol. The van der Waals surface area contributed by atoms with E-state index >= 15 is 0 Å². The Morgan fingerprint density at radius 1 is 1.36 bits per heavy atom. The number of nitrogens with one attached hydrogen (secondary N) is 2. The standard InChI is InChI=1S/C18H27N3O/c1-19-10-5-11-21-13-14(12-20-15-8-9-15)16-6-3-4-7-17(22-2)18(16)21/h3-4,6,13,15,19-20H,5,7-12H2,1-2H3. The van der Waals surface area contributed by atoms with E-state index in [0.717, 1.165) is 44.3 Å². The molecule has 1 heterocycles. The number of aromatic nitrogens is 1. The Balaban J connectivity index is 1.96. The minimum atomic E-state index is 0.732. The molecule has 0 unspecified atom stereocenters. The van der Waals surface area contributed by atoms with Crippen LogP contribution in [0.3, 0.4) is 0 Å². The second-order valence-corrected chi connectivity index (χ2v) is 6.15. The van der Waals surface area contributed by atoms with Crippen molar-refractivity contribution in [2.45, 2.75) is 44.8 Å². The van der Waals surface area contributed by atoms with Crippen molar-refractivity contribution in [3.63, 3.8) is 0 Å². The molecule has 1 aromatic rings. The number of nitrogens with zero attached hydrogens (tertiary/aromatic N) is 1. The van der Waals surface area contributed by atoms with Crippen LogP contribution in [0, 0.1) is 0 Å². The van der Waals surface area contributed by atoms with E-state index in [2.05, 4.69) is 39.6 Å². The molecule has 1 fully saturated rings. The van der Waals surface area contributed by atoms with E-state index < -0.39 is 0 Å². The maximum Gasteiger partial charge on any atom is 0.123 e. The quantitative estimate of drug-likeness (QED) is 0.699. The maximum atomic E-state index is 5.68. The monoisotopic (exact) mass is 301 g/mol.